The van der Waals surface area contributed by atoms with E-state index in [-0.39, 0.29) is 12.8 Å². The molecule has 0 radical (unpaired) electrons. The number of carboxylic acid groups (broad SMARTS) is 1. The van der Waals surface area contributed by atoms with Gasteiger partial charge in [0.15, 0.2) is 0 Å². The lowest BCUT2D eigenvalue weighted by Crippen LogP contribution is -2.31. The van der Waals surface area contributed by atoms with Crippen molar-refractivity contribution in [3.8, 4) is 0 Å². The third-order valence-corrected chi connectivity index (χ3v) is 4.20. The van der Waals surface area contributed by atoms with Gasteiger partial charge in [-0.1, -0.05) is 6.92 Å². The molecule has 2 aromatic rings. The maximum absolute atomic E-state index is 11.3. The van der Waals surface area contributed by atoms with Crippen LogP contribution in [0, 0.1) is 0 Å². The molecule has 0 saturated heterocycles. The fraction of sp³-hybridized carbons (Fsp3) is 0.385. The van der Waals surface area contributed by atoms with Gasteiger partial charge in [-0.25, -0.2) is 14.8 Å². The van der Waals surface area contributed by atoms with E-state index >= 15 is 0 Å². The number of carboxylic acids is 1. The minimum absolute atomic E-state index is 0.00202. The summed E-state index contributed by atoms with van der Waals surface area (Å²) in [6.07, 6.45) is 2.39. The van der Waals surface area contributed by atoms with E-state index in [4.69, 9.17) is 5.73 Å². The van der Waals surface area contributed by atoms with Gasteiger partial charge >= 0.3 is 5.97 Å². The number of primary amides is 1. The number of aryl methyl sites for hydroxylation is 1. The van der Waals surface area contributed by atoms with Crippen LogP contribution in [0.1, 0.15) is 24.6 Å². The Morgan fingerprint density at radius 3 is 2.86 bits per heavy atom. The standard InChI is InChI=1S/C13H16N4O3S/c1-2-7-5-8-11(15-6-16-12(8)21-7)17-9(13(19)20)3-4-10(14)18/h5-6,9H,2-4H2,1H3,(H2,14,18)(H,19,20)(H,15,16,17). The van der Waals surface area contributed by atoms with Crippen molar-refractivity contribution in [1.29, 1.82) is 0 Å². The molecule has 0 aliphatic rings. The number of rotatable bonds is 7. The van der Waals surface area contributed by atoms with Crippen LogP contribution in [-0.2, 0) is 16.0 Å². The SMILES string of the molecule is CCc1cc2c(NC(CCC(N)=O)C(=O)O)ncnc2s1. The van der Waals surface area contributed by atoms with Crippen molar-refractivity contribution in [2.75, 3.05) is 5.32 Å². The Morgan fingerprint density at radius 1 is 1.48 bits per heavy atom. The molecule has 0 fully saturated rings. The molecule has 2 heterocycles. The van der Waals surface area contributed by atoms with E-state index in [1.165, 1.54) is 6.33 Å². The molecule has 0 bridgehead atoms. The molecular formula is C13H16N4O3S. The monoisotopic (exact) mass is 308 g/mol. The summed E-state index contributed by atoms with van der Waals surface area (Å²) < 4.78 is 0. The molecular weight excluding hydrogens is 292 g/mol. The Morgan fingerprint density at radius 2 is 2.24 bits per heavy atom. The number of nitrogens with two attached hydrogens (primary N) is 1. The van der Waals surface area contributed by atoms with Crippen LogP contribution in [0.2, 0.25) is 0 Å². The molecule has 8 heteroatoms. The summed E-state index contributed by atoms with van der Waals surface area (Å²) >= 11 is 1.55. The molecule has 1 amide bonds. The number of hydrogen-bond acceptors (Lipinski definition) is 6. The average molecular weight is 308 g/mol. The number of amides is 1. The number of carbonyl (C=O) groups excluding carboxylic acids is 1. The molecule has 0 spiro atoms. The van der Waals surface area contributed by atoms with Gasteiger partial charge in [-0.3, -0.25) is 4.79 Å². The first-order valence-corrected chi connectivity index (χ1v) is 7.34. The molecule has 4 N–H and O–H groups in total. The second-order valence-electron chi connectivity index (χ2n) is 4.55. The fourth-order valence-corrected chi connectivity index (χ4v) is 2.84. The van der Waals surface area contributed by atoms with Crippen LogP contribution in [0.5, 0.6) is 0 Å². The number of hydrogen-bond donors (Lipinski definition) is 3. The molecule has 0 aromatic carbocycles. The Balaban J connectivity index is 2.25. The number of aromatic nitrogens is 2. The largest absolute Gasteiger partial charge is 0.480 e. The van der Waals surface area contributed by atoms with Crippen LogP contribution in [-0.4, -0.2) is 33.0 Å². The van der Waals surface area contributed by atoms with E-state index in [0.717, 1.165) is 21.5 Å². The number of nitrogens with one attached hydrogen (secondary N) is 1. The van der Waals surface area contributed by atoms with Crippen LogP contribution < -0.4 is 11.1 Å². The van der Waals surface area contributed by atoms with Crippen molar-refractivity contribution >= 4 is 39.2 Å². The Kier molecular flexibility index (Phi) is 4.69. The molecule has 21 heavy (non-hydrogen) atoms. The van der Waals surface area contributed by atoms with Crippen LogP contribution in [0.3, 0.4) is 0 Å². The van der Waals surface area contributed by atoms with Gasteiger partial charge in [0.1, 0.15) is 23.0 Å². The third-order valence-electron chi connectivity index (χ3n) is 3.02. The molecule has 2 aromatic heterocycles. The summed E-state index contributed by atoms with van der Waals surface area (Å²) in [7, 11) is 0. The zero-order chi connectivity index (χ0) is 15.4. The lowest BCUT2D eigenvalue weighted by Gasteiger charge is -2.14. The highest BCUT2D eigenvalue weighted by Gasteiger charge is 2.20. The lowest BCUT2D eigenvalue weighted by atomic mass is 10.1. The quantitative estimate of drug-likeness (QED) is 0.711. The average Bonchev–Trinajstić information content (AvgIpc) is 2.86. The smallest absolute Gasteiger partial charge is 0.326 e. The molecule has 112 valence electrons. The number of anilines is 1. The van der Waals surface area contributed by atoms with Crippen molar-refractivity contribution < 1.29 is 14.7 Å². The Bertz CT molecular complexity index is 670. The van der Waals surface area contributed by atoms with Crippen molar-refractivity contribution in [2.24, 2.45) is 5.73 Å². The number of aliphatic carboxylic acids is 1. The number of nitrogens with zero attached hydrogens (tertiary/aromatic N) is 2. The van der Waals surface area contributed by atoms with Gasteiger partial charge in [-0.2, -0.15) is 0 Å². The Hall–Kier alpha value is -2.22. The van der Waals surface area contributed by atoms with E-state index < -0.39 is 17.9 Å². The van der Waals surface area contributed by atoms with Gasteiger partial charge in [-0.15, -0.1) is 11.3 Å². The van der Waals surface area contributed by atoms with Gasteiger partial charge in [0.05, 0.1) is 5.39 Å². The van der Waals surface area contributed by atoms with E-state index in [0.29, 0.717) is 5.82 Å². The topological polar surface area (TPSA) is 118 Å². The maximum atomic E-state index is 11.3. The second-order valence-corrected chi connectivity index (χ2v) is 5.66. The summed E-state index contributed by atoms with van der Waals surface area (Å²) in [6.45, 7) is 2.04. The van der Waals surface area contributed by atoms with Gasteiger partial charge < -0.3 is 16.2 Å². The zero-order valence-corrected chi connectivity index (χ0v) is 12.3. The minimum Gasteiger partial charge on any atom is -0.480 e. The van der Waals surface area contributed by atoms with E-state index in [1.807, 2.05) is 13.0 Å². The van der Waals surface area contributed by atoms with E-state index in [9.17, 15) is 14.7 Å². The normalized spacial score (nSPS) is 12.2. The summed E-state index contributed by atoms with van der Waals surface area (Å²) in [6, 6.07) is 1.04. The highest BCUT2D eigenvalue weighted by atomic mass is 32.1. The van der Waals surface area contributed by atoms with Gasteiger partial charge in [0, 0.05) is 11.3 Å². The number of fused-ring (bicyclic) bond motifs is 1. The second kappa shape index (κ2) is 6.49. The van der Waals surface area contributed by atoms with Crippen LogP contribution >= 0.6 is 11.3 Å². The molecule has 7 nitrogen and oxygen atoms in total. The number of carbonyl (C=O) groups is 2. The highest BCUT2D eigenvalue weighted by molar-refractivity contribution is 7.18. The van der Waals surface area contributed by atoms with Crippen molar-refractivity contribution in [3.05, 3.63) is 17.3 Å². The maximum Gasteiger partial charge on any atom is 0.326 e. The highest BCUT2D eigenvalue weighted by Crippen LogP contribution is 2.28. The molecule has 0 aliphatic carbocycles. The molecule has 1 atom stereocenters. The van der Waals surface area contributed by atoms with Gasteiger partial charge in [0.2, 0.25) is 5.91 Å². The molecule has 2 rings (SSSR count). The van der Waals surface area contributed by atoms with Crippen LogP contribution in [0.15, 0.2) is 12.4 Å². The van der Waals surface area contributed by atoms with Gasteiger partial charge in [0.25, 0.3) is 0 Å². The summed E-state index contributed by atoms with van der Waals surface area (Å²) in [5, 5.41) is 12.9. The third kappa shape index (κ3) is 3.66. The predicted molar refractivity (Wildman–Crippen MR) is 80.3 cm³/mol. The molecule has 0 aliphatic heterocycles. The minimum atomic E-state index is -1.05. The van der Waals surface area contributed by atoms with Crippen LogP contribution in [0.25, 0.3) is 10.2 Å². The van der Waals surface area contributed by atoms with Crippen molar-refractivity contribution in [2.45, 2.75) is 32.2 Å². The predicted octanol–water partition coefficient (Wildman–Crippen LogP) is 1.38. The summed E-state index contributed by atoms with van der Waals surface area (Å²) in [5.41, 5.74) is 5.06. The van der Waals surface area contributed by atoms with Crippen LogP contribution in [0.4, 0.5) is 5.82 Å². The fourth-order valence-electron chi connectivity index (χ4n) is 1.90. The van der Waals surface area contributed by atoms with Crippen molar-refractivity contribution in [3.63, 3.8) is 0 Å². The van der Waals surface area contributed by atoms with Gasteiger partial charge in [-0.05, 0) is 18.9 Å². The molecule has 1 unspecified atom stereocenters. The summed E-state index contributed by atoms with van der Waals surface area (Å²) in [4.78, 5) is 32.3. The number of thiophene rings is 1. The van der Waals surface area contributed by atoms with E-state index in [2.05, 4.69) is 15.3 Å². The van der Waals surface area contributed by atoms with Crippen molar-refractivity contribution in [1.82, 2.24) is 9.97 Å². The zero-order valence-electron chi connectivity index (χ0n) is 11.5. The first-order chi connectivity index (χ1) is 10.0. The lowest BCUT2D eigenvalue weighted by molar-refractivity contribution is -0.138. The van der Waals surface area contributed by atoms with E-state index in [1.54, 1.807) is 11.3 Å². The first-order valence-electron chi connectivity index (χ1n) is 6.52. The Labute approximate surface area is 125 Å². The summed E-state index contributed by atoms with van der Waals surface area (Å²) in [5.74, 6) is -1.11. The first kappa shape index (κ1) is 15.2. The molecule has 0 saturated carbocycles.